The first-order valence-electron chi connectivity index (χ1n) is 5.66. The molecule has 0 aliphatic rings. The van der Waals surface area contributed by atoms with Gasteiger partial charge >= 0.3 is 10.1 Å². The zero-order valence-corrected chi connectivity index (χ0v) is 13.0. The summed E-state index contributed by atoms with van der Waals surface area (Å²) in [5.41, 5.74) is 1.75. The second-order valence-corrected chi connectivity index (χ2v) is 6.61. The summed E-state index contributed by atoms with van der Waals surface area (Å²) in [7, 11) is -3.79. The lowest BCUT2D eigenvalue weighted by Gasteiger charge is -2.10. The summed E-state index contributed by atoms with van der Waals surface area (Å²) in [4.78, 5) is 0.150. The summed E-state index contributed by atoms with van der Waals surface area (Å²) in [5.74, 6) is 0.329. The number of benzene rings is 2. The summed E-state index contributed by atoms with van der Waals surface area (Å²) in [6, 6.07) is 11.8. The molecular formula is C14H13BrO3S. The van der Waals surface area contributed by atoms with Gasteiger partial charge in [-0.2, -0.15) is 8.42 Å². The number of rotatable bonds is 3. The van der Waals surface area contributed by atoms with Crippen molar-refractivity contribution in [3.63, 3.8) is 0 Å². The van der Waals surface area contributed by atoms with Crippen molar-refractivity contribution >= 4 is 26.0 Å². The molecule has 100 valence electrons. The topological polar surface area (TPSA) is 43.4 Å². The second-order valence-electron chi connectivity index (χ2n) is 4.21. The number of hydrogen-bond acceptors (Lipinski definition) is 3. The molecule has 19 heavy (non-hydrogen) atoms. The Morgan fingerprint density at radius 2 is 1.63 bits per heavy atom. The zero-order chi connectivity index (χ0) is 14.0. The van der Waals surface area contributed by atoms with Gasteiger partial charge in [-0.15, -0.1) is 0 Å². The fraction of sp³-hybridized carbons (Fsp3) is 0.143. The molecule has 0 aromatic heterocycles. The van der Waals surface area contributed by atoms with Crippen LogP contribution in [0.2, 0.25) is 0 Å². The molecule has 2 aromatic rings. The van der Waals surface area contributed by atoms with Crippen LogP contribution in [0.25, 0.3) is 0 Å². The van der Waals surface area contributed by atoms with E-state index in [-0.39, 0.29) is 4.90 Å². The van der Waals surface area contributed by atoms with E-state index in [0.717, 1.165) is 15.6 Å². The molecule has 0 amide bonds. The maximum atomic E-state index is 12.1. The molecule has 0 fully saturated rings. The zero-order valence-electron chi connectivity index (χ0n) is 10.6. The van der Waals surface area contributed by atoms with Crippen molar-refractivity contribution in [2.75, 3.05) is 0 Å². The molecule has 0 saturated heterocycles. The molecule has 0 saturated carbocycles. The molecule has 0 unspecified atom stereocenters. The van der Waals surface area contributed by atoms with Gasteiger partial charge in [-0.3, -0.25) is 0 Å². The molecule has 5 heteroatoms. The largest absolute Gasteiger partial charge is 0.379 e. The van der Waals surface area contributed by atoms with Crippen molar-refractivity contribution in [3.05, 3.63) is 58.1 Å². The van der Waals surface area contributed by atoms with E-state index in [0.29, 0.717) is 5.75 Å². The molecule has 3 nitrogen and oxygen atoms in total. The summed E-state index contributed by atoms with van der Waals surface area (Å²) in [6.45, 7) is 3.69. The molecule has 0 atom stereocenters. The third kappa shape index (κ3) is 3.16. The van der Waals surface area contributed by atoms with E-state index in [1.807, 2.05) is 13.0 Å². The number of aryl methyl sites for hydroxylation is 1. The van der Waals surface area contributed by atoms with E-state index < -0.39 is 10.1 Å². The normalized spacial score (nSPS) is 11.3. The Hall–Kier alpha value is -1.33. The van der Waals surface area contributed by atoms with E-state index in [4.69, 9.17) is 4.18 Å². The SMILES string of the molecule is Cc1ccc(S(=O)(=O)Oc2cccc(Br)c2C)cc1. The van der Waals surface area contributed by atoms with Crippen LogP contribution in [-0.2, 0) is 10.1 Å². The Morgan fingerprint density at radius 1 is 1.00 bits per heavy atom. The van der Waals surface area contributed by atoms with Crippen LogP contribution >= 0.6 is 15.9 Å². The van der Waals surface area contributed by atoms with Crippen LogP contribution in [0, 0.1) is 13.8 Å². The Morgan fingerprint density at radius 3 is 2.26 bits per heavy atom. The van der Waals surface area contributed by atoms with Crippen LogP contribution in [0.3, 0.4) is 0 Å². The average molecular weight is 341 g/mol. The highest BCUT2D eigenvalue weighted by Crippen LogP contribution is 2.28. The molecule has 0 spiro atoms. The summed E-state index contributed by atoms with van der Waals surface area (Å²) >= 11 is 3.34. The fourth-order valence-electron chi connectivity index (χ4n) is 1.55. The van der Waals surface area contributed by atoms with Crippen LogP contribution < -0.4 is 4.18 Å². The van der Waals surface area contributed by atoms with Gasteiger partial charge < -0.3 is 4.18 Å². The highest BCUT2D eigenvalue weighted by molar-refractivity contribution is 9.10. The lowest BCUT2D eigenvalue weighted by molar-refractivity contribution is 0.484. The molecule has 0 bridgehead atoms. The molecule has 0 heterocycles. The quantitative estimate of drug-likeness (QED) is 0.797. The third-order valence-corrected chi connectivity index (χ3v) is 4.83. The Bertz CT molecular complexity index is 691. The predicted molar refractivity (Wildman–Crippen MR) is 77.9 cm³/mol. The van der Waals surface area contributed by atoms with E-state index in [1.54, 1.807) is 31.2 Å². The van der Waals surface area contributed by atoms with Gasteiger partial charge in [0.2, 0.25) is 0 Å². The van der Waals surface area contributed by atoms with Gasteiger partial charge in [0.1, 0.15) is 10.6 Å². The second kappa shape index (κ2) is 5.35. The molecule has 0 aliphatic heterocycles. The number of hydrogen-bond donors (Lipinski definition) is 0. The van der Waals surface area contributed by atoms with Crippen molar-refractivity contribution in [3.8, 4) is 5.75 Å². The van der Waals surface area contributed by atoms with Crippen LogP contribution in [0.15, 0.2) is 51.8 Å². The standard InChI is InChI=1S/C14H13BrO3S/c1-10-6-8-12(9-7-10)19(16,17)18-14-5-3-4-13(15)11(14)2/h3-9H,1-2H3. The number of halogens is 1. The first kappa shape index (κ1) is 14.1. The maximum Gasteiger partial charge on any atom is 0.339 e. The minimum absolute atomic E-state index is 0.150. The minimum Gasteiger partial charge on any atom is -0.379 e. The van der Waals surface area contributed by atoms with Gasteiger partial charge in [-0.1, -0.05) is 39.7 Å². The summed E-state index contributed by atoms with van der Waals surface area (Å²) in [5, 5.41) is 0. The van der Waals surface area contributed by atoms with Crippen molar-refractivity contribution in [2.24, 2.45) is 0 Å². The summed E-state index contributed by atoms with van der Waals surface area (Å²) in [6.07, 6.45) is 0. The smallest absolute Gasteiger partial charge is 0.339 e. The van der Waals surface area contributed by atoms with Crippen molar-refractivity contribution in [1.29, 1.82) is 0 Å². The van der Waals surface area contributed by atoms with Crippen LogP contribution in [-0.4, -0.2) is 8.42 Å². The van der Waals surface area contributed by atoms with Crippen LogP contribution in [0.4, 0.5) is 0 Å². The van der Waals surface area contributed by atoms with Gasteiger partial charge in [0.15, 0.2) is 0 Å². The van der Waals surface area contributed by atoms with Crippen molar-refractivity contribution < 1.29 is 12.6 Å². The molecule has 0 N–H and O–H groups in total. The van der Waals surface area contributed by atoms with Gasteiger partial charge in [-0.05, 0) is 38.1 Å². The molecule has 0 radical (unpaired) electrons. The molecule has 0 aliphatic carbocycles. The van der Waals surface area contributed by atoms with E-state index >= 15 is 0 Å². The summed E-state index contributed by atoms with van der Waals surface area (Å²) < 4.78 is 30.3. The molecule has 2 rings (SSSR count). The highest BCUT2D eigenvalue weighted by Gasteiger charge is 2.17. The molecular weight excluding hydrogens is 328 g/mol. The fourth-order valence-corrected chi connectivity index (χ4v) is 2.88. The van der Waals surface area contributed by atoms with Crippen molar-refractivity contribution in [1.82, 2.24) is 0 Å². The Balaban J connectivity index is 2.36. The van der Waals surface area contributed by atoms with E-state index in [1.165, 1.54) is 12.1 Å². The lowest BCUT2D eigenvalue weighted by Crippen LogP contribution is -2.10. The van der Waals surface area contributed by atoms with Gasteiger partial charge in [0.05, 0.1) is 0 Å². The van der Waals surface area contributed by atoms with Gasteiger partial charge in [0.25, 0.3) is 0 Å². The van der Waals surface area contributed by atoms with Crippen LogP contribution in [0.5, 0.6) is 5.75 Å². The third-order valence-electron chi connectivity index (χ3n) is 2.73. The first-order valence-corrected chi connectivity index (χ1v) is 7.86. The Labute approximate surface area is 121 Å². The monoisotopic (exact) mass is 340 g/mol. The van der Waals surface area contributed by atoms with Gasteiger partial charge in [-0.25, -0.2) is 0 Å². The van der Waals surface area contributed by atoms with E-state index in [9.17, 15) is 8.42 Å². The lowest BCUT2D eigenvalue weighted by atomic mass is 10.2. The maximum absolute atomic E-state index is 12.1. The minimum atomic E-state index is -3.79. The molecule has 2 aromatic carbocycles. The predicted octanol–water partition coefficient (Wildman–Crippen LogP) is 3.83. The van der Waals surface area contributed by atoms with Crippen molar-refractivity contribution in [2.45, 2.75) is 18.7 Å². The van der Waals surface area contributed by atoms with E-state index in [2.05, 4.69) is 15.9 Å². The van der Waals surface area contributed by atoms with Crippen LogP contribution in [0.1, 0.15) is 11.1 Å². The Kier molecular flexibility index (Phi) is 3.96. The van der Waals surface area contributed by atoms with Gasteiger partial charge in [0, 0.05) is 10.0 Å². The highest BCUT2D eigenvalue weighted by atomic mass is 79.9. The average Bonchev–Trinajstić information content (AvgIpc) is 2.35. The first-order chi connectivity index (χ1) is 8.90.